The van der Waals surface area contributed by atoms with Gasteiger partial charge in [-0.1, -0.05) is 13.0 Å². The minimum atomic E-state index is 0.651. The van der Waals surface area contributed by atoms with E-state index in [4.69, 9.17) is 10.2 Å². The smallest absolute Gasteiger partial charge is 0.209 e. The zero-order valence-electron chi connectivity index (χ0n) is 12.3. The molecule has 0 radical (unpaired) electrons. The van der Waals surface area contributed by atoms with E-state index in [2.05, 4.69) is 23.9 Å². The average molecular weight is 273 g/mol. The number of fused-ring (bicyclic) bond motifs is 1. The van der Waals surface area contributed by atoms with Crippen molar-refractivity contribution in [2.45, 2.75) is 45.2 Å². The molecule has 2 aromatic rings. The lowest BCUT2D eigenvalue weighted by Crippen LogP contribution is -2.34. The molecule has 108 valence electrons. The molecule has 1 aliphatic rings. The monoisotopic (exact) mass is 273 g/mol. The zero-order chi connectivity index (χ0) is 14.1. The maximum atomic E-state index is 5.92. The summed E-state index contributed by atoms with van der Waals surface area (Å²) in [4.78, 5) is 6.90. The highest BCUT2D eigenvalue weighted by molar-refractivity contribution is 5.85. The van der Waals surface area contributed by atoms with E-state index in [-0.39, 0.29) is 0 Å². The van der Waals surface area contributed by atoms with Gasteiger partial charge in [0.2, 0.25) is 5.89 Å². The van der Waals surface area contributed by atoms with Gasteiger partial charge in [0.25, 0.3) is 0 Å². The van der Waals surface area contributed by atoms with E-state index >= 15 is 0 Å². The van der Waals surface area contributed by atoms with Gasteiger partial charge in [-0.2, -0.15) is 0 Å². The minimum Gasteiger partial charge on any atom is -0.439 e. The molecule has 4 nitrogen and oxygen atoms in total. The van der Waals surface area contributed by atoms with Gasteiger partial charge in [-0.05, 0) is 50.8 Å². The molecule has 0 amide bonds. The quantitative estimate of drug-likeness (QED) is 0.871. The first-order chi connectivity index (χ1) is 9.63. The van der Waals surface area contributed by atoms with Crippen molar-refractivity contribution in [3.63, 3.8) is 0 Å². The van der Waals surface area contributed by atoms with Gasteiger partial charge in [0.15, 0.2) is 5.58 Å². The number of nitrogen functional groups attached to an aromatic ring is 1. The van der Waals surface area contributed by atoms with Gasteiger partial charge in [-0.15, -0.1) is 0 Å². The molecule has 20 heavy (non-hydrogen) atoms. The summed E-state index contributed by atoms with van der Waals surface area (Å²) in [7, 11) is 2.17. The summed E-state index contributed by atoms with van der Waals surface area (Å²) in [6.07, 6.45) is 5.21. The van der Waals surface area contributed by atoms with E-state index in [1.807, 2.05) is 18.2 Å². The number of hydrogen-bond donors (Lipinski definition) is 1. The fraction of sp³-hybridized carbons (Fsp3) is 0.562. The lowest BCUT2D eigenvalue weighted by Gasteiger charge is -2.32. The van der Waals surface area contributed by atoms with Crippen LogP contribution >= 0.6 is 0 Å². The topological polar surface area (TPSA) is 55.3 Å². The van der Waals surface area contributed by atoms with Crippen molar-refractivity contribution < 1.29 is 4.42 Å². The summed E-state index contributed by atoms with van der Waals surface area (Å²) in [5.74, 6) is 1.64. The van der Waals surface area contributed by atoms with Crippen LogP contribution in [0.1, 0.15) is 38.5 Å². The van der Waals surface area contributed by atoms with Crippen LogP contribution in [0.25, 0.3) is 11.1 Å². The molecule has 4 heteroatoms. The summed E-state index contributed by atoms with van der Waals surface area (Å²) in [6.45, 7) is 3.10. The Morgan fingerprint density at radius 1 is 1.30 bits per heavy atom. The third kappa shape index (κ3) is 2.66. The maximum absolute atomic E-state index is 5.92. The van der Waals surface area contributed by atoms with E-state index in [0.717, 1.165) is 29.5 Å². The molecule has 0 bridgehead atoms. The summed E-state index contributed by atoms with van der Waals surface area (Å²) in [5.41, 5.74) is 8.18. The van der Waals surface area contributed by atoms with Crippen molar-refractivity contribution in [1.29, 1.82) is 0 Å². The highest BCUT2D eigenvalue weighted by Crippen LogP contribution is 2.28. The van der Waals surface area contributed by atoms with Gasteiger partial charge < -0.3 is 10.2 Å². The SMILES string of the molecule is CC1CCC(N(C)Cc2nc3c(N)cccc3o2)CC1. The molecule has 2 N–H and O–H groups in total. The molecule has 1 aromatic heterocycles. The number of nitrogens with two attached hydrogens (primary N) is 1. The van der Waals surface area contributed by atoms with Gasteiger partial charge in [0.05, 0.1) is 12.2 Å². The van der Waals surface area contributed by atoms with Crippen molar-refractivity contribution >= 4 is 16.8 Å². The molecule has 3 rings (SSSR count). The van der Waals surface area contributed by atoms with Crippen molar-refractivity contribution in [2.75, 3.05) is 12.8 Å². The highest BCUT2D eigenvalue weighted by atomic mass is 16.3. The van der Waals surface area contributed by atoms with Crippen molar-refractivity contribution in [3.05, 3.63) is 24.1 Å². The summed E-state index contributed by atoms with van der Waals surface area (Å²) >= 11 is 0. The molecule has 1 saturated carbocycles. The lowest BCUT2D eigenvalue weighted by molar-refractivity contribution is 0.153. The molecule has 0 saturated heterocycles. The largest absolute Gasteiger partial charge is 0.439 e. The first kappa shape index (κ1) is 13.4. The summed E-state index contributed by atoms with van der Waals surface area (Å²) in [5, 5.41) is 0. The highest BCUT2D eigenvalue weighted by Gasteiger charge is 2.22. The Bertz CT molecular complexity index is 584. The number of anilines is 1. The second-order valence-corrected chi connectivity index (χ2v) is 6.13. The zero-order valence-corrected chi connectivity index (χ0v) is 12.3. The Labute approximate surface area is 120 Å². The maximum Gasteiger partial charge on any atom is 0.209 e. The molecule has 0 atom stereocenters. The van der Waals surface area contributed by atoms with Crippen LogP contribution in [0.3, 0.4) is 0 Å². The fourth-order valence-corrected chi connectivity index (χ4v) is 3.11. The Morgan fingerprint density at radius 2 is 2.05 bits per heavy atom. The molecular weight excluding hydrogens is 250 g/mol. The Hall–Kier alpha value is -1.55. The standard InChI is InChI=1S/C16H23N3O/c1-11-6-8-12(9-7-11)19(2)10-15-18-16-13(17)4-3-5-14(16)20-15/h3-5,11-12H,6-10,17H2,1-2H3. The van der Waals surface area contributed by atoms with E-state index in [0.29, 0.717) is 11.7 Å². The summed E-state index contributed by atoms with van der Waals surface area (Å²) in [6, 6.07) is 6.34. The Morgan fingerprint density at radius 3 is 2.75 bits per heavy atom. The molecule has 1 heterocycles. The van der Waals surface area contributed by atoms with Crippen LogP contribution in [-0.4, -0.2) is 23.0 Å². The Balaban J connectivity index is 1.71. The van der Waals surface area contributed by atoms with Crippen molar-refractivity contribution in [1.82, 2.24) is 9.88 Å². The molecular formula is C16H23N3O. The van der Waals surface area contributed by atoms with Gasteiger partial charge >= 0.3 is 0 Å². The molecule has 1 aliphatic carbocycles. The van der Waals surface area contributed by atoms with Crippen LogP contribution in [-0.2, 0) is 6.54 Å². The predicted octanol–water partition coefficient (Wildman–Crippen LogP) is 3.42. The first-order valence-electron chi connectivity index (χ1n) is 7.47. The van der Waals surface area contributed by atoms with Crippen LogP contribution in [0.4, 0.5) is 5.69 Å². The Kier molecular flexibility index (Phi) is 3.66. The minimum absolute atomic E-state index is 0.651. The van der Waals surface area contributed by atoms with Crippen LogP contribution in [0.15, 0.2) is 22.6 Å². The predicted molar refractivity (Wildman–Crippen MR) is 81.3 cm³/mol. The van der Waals surface area contributed by atoms with Gasteiger partial charge in [0.1, 0.15) is 5.52 Å². The van der Waals surface area contributed by atoms with Crippen molar-refractivity contribution in [2.24, 2.45) is 5.92 Å². The second kappa shape index (κ2) is 5.44. The summed E-state index contributed by atoms with van der Waals surface area (Å²) < 4.78 is 5.80. The second-order valence-electron chi connectivity index (χ2n) is 6.13. The van der Waals surface area contributed by atoms with Crippen LogP contribution in [0, 0.1) is 5.92 Å². The molecule has 1 fully saturated rings. The fourth-order valence-electron chi connectivity index (χ4n) is 3.11. The van der Waals surface area contributed by atoms with Gasteiger partial charge in [-0.25, -0.2) is 4.98 Å². The van der Waals surface area contributed by atoms with Crippen LogP contribution in [0.2, 0.25) is 0 Å². The number of nitrogens with zero attached hydrogens (tertiary/aromatic N) is 2. The van der Waals surface area contributed by atoms with E-state index < -0.39 is 0 Å². The van der Waals surface area contributed by atoms with Crippen LogP contribution < -0.4 is 5.73 Å². The average Bonchev–Trinajstić information content (AvgIpc) is 2.83. The molecule has 0 unspecified atom stereocenters. The van der Waals surface area contributed by atoms with Crippen LogP contribution in [0.5, 0.6) is 0 Å². The number of para-hydroxylation sites is 1. The van der Waals surface area contributed by atoms with E-state index in [1.165, 1.54) is 25.7 Å². The number of benzene rings is 1. The van der Waals surface area contributed by atoms with E-state index in [1.54, 1.807) is 0 Å². The molecule has 0 aliphatic heterocycles. The third-order valence-corrected chi connectivity index (χ3v) is 4.49. The normalized spacial score (nSPS) is 23.6. The van der Waals surface area contributed by atoms with Crippen molar-refractivity contribution in [3.8, 4) is 0 Å². The van der Waals surface area contributed by atoms with E-state index in [9.17, 15) is 0 Å². The van der Waals surface area contributed by atoms with Gasteiger partial charge in [0, 0.05) is 6.04 Å². The number of oxazole rings is 1. The third-order valence-electron chi connectivity index (χ3n) is 4.49. The number of rotatable bonds is 3. The number of hydrogen-bond acceptors (Lipinski definition) is 4. The number of aromatic nitrogens is 1. The lowest BCUT2D eigenvalue weighted by atomic mass is 9.87. The van der Waals surface area contributed by atoms with Gasteiger partial charge in [-0.3, -0.25) is 4.90 Å². The molecule has 0 spiro atoms. The molecule has 1 aromatic carbocycles. The first-order valence-corrected chi connectivity index (χ1v) is 7.47.